The van der Waals surface area contributed by atoms with Crippen LogP contribution < -0.4 is 4.74 Å². The third-order valence-corrected chi connectivity index (χ3v) is 3.19. The minimum Gasteiger partial charge on any atom is -0.497 e. The van der Waals surface area contributed by atoms with Gasteiger partial charge in [-0.3, -0.25) is 0 Å². The molecule has 0 radical (unpaired) electrons. The van der Waals surface area contributed by atoms with Gasteiger partial charge in [-0.1, -0.05) is 19.4 Å². The van der Waals surface area contributed by atoms with Gasteiger partial charge in [-0.2, -0.15) is 0 Å². The van der Waals surface area contributed by atoms with E-state index in [1.54, 1.807) is 13.4 Å². The topological polar surface area (TPSA) is 38.5 Å². The number of hydrogen-bond acceptors (Lipinski definition) is 4. The minimum absolute atomic E-state index is 0.641. The molecule has 0 aliphatic carbocycles. The van der Waals surface area contributed by atoms with E-state index in [4.69, 9.17) is 9.15 Å². The van der Waals surface area contributed by atoms with Crippen molar-refractivity contribution in [2.24, 2.45) is 0 Å². The number of unbranched alkanes of at least 4 members (excludes halogenated alkanes) is 1. The van der Waals surface area contributed by atoms with Crippen molar-refractivity contribution in [1.29, 1.82) is 0 Å². The van der Waals surface area contributed by atoms with Crippen LogP contribution in [0.25, 0.3) is 11.5 Å². The van der Waals surface area contributed by atoms with Gasteiger partial charge in [-0.05, 0) is 38.2 Å². The highest BCUT2D eigenvalue weighted by molar-refractivity contribution is 5.55. The molecule has 0 fully saturated rings. The molecule has 0 aliphatic heterocycles. The standard InChI is InChI=1S/C16H22N2O2/c1-4-5-9-18(2)11-14-12-20-16(17-14)13-7-6-8-15(10-13)19-3/h6-8,10,12H,4-5,9,11H2,1-3H3. The maximum atomic E-state index is 5.56. The van der Waals surface area contributed by atoms with E-state index in [0.29, 0.717) is 5.89 Å². The molecule has 0 saturated carbocycles. The van der Waals surface area contributed by atoms with E-state index in [0.717, 1.165) is 30.1 Å². The van der Waals surface area contributed by atoms with Crippen LogP contribution in [0.15, 0.2) is 34.9 Å². The van der Waals surface area contributed by atoms with Crippen molar-refractivity contribution in [3.8, 4) is 17.2 Å². The first-order valence-corrected chi connectivity index (χ1v) is 7.00. The fourth-order valence-corrected chi connectivity index (χ4v) is 2.05. The molecule has 0 atom stereocenters. The number of methoxy groups -OCH3 is 1. The van der Waals surface area contributed by atoms with Crippen molar-refractivity contribution in [3.05, 3.63) is 36.2 Å². The zero-order valence-electron chi connectivity index (χ0n) is 12.4. The molecule has 0 N–H and O–H groups in total. The Kier molecular flexibility index (Phi) is 5.18. The Bertz CT molecular complexity index is 537. The van der Waals surface area contributed by atoms with Gasteiger partial charge in [0.1, 0.15) is 12.0 Å². The summed E-state index contributed by atoms with van der Waals surface area (Å²) in [4.78, 5) is 6.80. The van der Waals surface area contributed by atoms with Crippen molar-refractivity contribution in [2.45, 2.75) is 26.3 Å². The summed E-state index contributed by atoms with van der Waals surface area (Å²) in [6.07, 6.45) is 4.15. The fraction of sp³-hybridized carbons (Fsp3) is 0.438. The van der Waals surface area contributed by atoms with E-state index in [1.807, 2.05) is 24.3 Å². The Labute approximate surface area is 120 Å². The lowest BCUT2D eigenvalue weighted by atomic mass is 10.2. The van der Waals surface area contributed by atoms with Crippen LogP contribution in [-0.2, 0) is 6.54 Å². The van der Waals surface area contributed by atoms with Crippen molar-refractivity contribution in [1.82, 2.24) is 9.88 Å². The van der Waals surface area contributed by atoms with Gasteiger partial charge in [-0.25, -0.2) is 4.98 Å². The number of ether oxygens (including phenoxy) is 1. The second-order valence-electron chi connectivity index (χ2n) is 4.97. The average Bonchev–Trinajstić information content (AvgIpc) is 2.93. The van der Waals surface area contributed by atoms with E-state index < -0.39 is 0 Å². The van der Waals surface area contributed by atoms with E-state index >= 15 is 0 Å². The van der Waals surface area contributed by atoms with Crippen molar-refractivity contribution >= 4 is 0 Å². The predicted octanol–water partition coefficient (Wildman–Crippen LogP) is 3.58. The first kappa shape index (κ1) is 14.6. The number of nitrogens with zero attached hydrogens (tertiary/aromatic N) is 2. The molecule has 1 aromatic heterocycles. The second-order valence-corrected chi connectivity index (χ2v) is 4.97. The normalized spacial score (nSPS) is 11.0. The lowest BCUT2D eigenvalue weighted by Crippen LogP contribution is -2.19. The highest BCUT2D eigenvalue weighted by Gasteiger charge is 2.09. The summed E-state index contributed by atoms with van der Waals surface area (Å²) < 4.78 is 10.8. The lowest BCUT2D eigenvalue weighted by molar-refractivity contribution is 0.316. The molecular formula is C16H22N2O2. The van der Waals surface area contributed by atoms with Crippen molar-refractivity contribution in [2.75, 3.05) is 20.7 Å². The van der Waals surface area contributed by atoms with Gasteiger partial charge in [0.15, 0.2) is 0 Å². The van der Waals surface area contributed by atoms with Gasteiger partial charge in [0, 0.05) is 12.1 Å². The largest absolute Gasteiger partial charge is 0.497 e. The van der Waals surface area contributed by atoms with E-state index in [9.17, 15) is 0 Å². The molecule has 2 aromatic rings. The van der Waals surface area contributed by atoms with Gasteiger partial charge >= 0.3 is 0 Å². The zero-order chi connectivity index (χ0) is 14.4. The van der Waals surface area contributed by atoms with Crippen LogP contribution in [0.2, 0.25) is 0 Å². The van der Waals surface area contributed by atoms with Crippen LogP contribution in [0.3, 0.4) is 0 Å². The molecule has 1 aromatic carbocycles. The van der Waals surface area contributed by atoms with E-state index in [2.05, 4.69) is 23.9 Å². The third-order valence-electron chi connectivity index (χ3n) is 3.19. The molecule has 108 valence electrons. The van der Waals surface area contributed by atoms with Crippen molar-refractivity contribution < 1.29 is 9.15 Å². The van der Waals surface area contributed by atoms with Crippen LogP contribution in [0, 0.1) is 0 Å². The quantitative estimate of drug-likeness (QED) is 0.773. The van der Waals surface area contributed by atoms with Gasteiger partial charge < -0.3 is 14.1 Å². The summed E-state index contributed by atoms with van der Waals surface area (Å²) in [7, 11) is 3.76. The number of benzene rings is 1. The molecule has 0 unspecified atom stereocenters. The summed E-state index contributed by atoms with van der Waals surface area (Å²) in [6.45, 7) is 4.09. The number of oxazole rings is 1. The monoisotopic (exact) mass is 274 g/mol. The zero-order valence-corrected chi connectivity index (χ0v) is 12.4. The maximum Gasteiger partial charge on any atom is 0.226 e. The molecular weight excluding hydrogens is 252 g/mol. The SMILES string of the molecule is CCCCN(C)Cc1coc(-c2cccc(OC)c2)n1. The van der Waals surface area contributed by atoms with Crippen LogP contribution >= 0.6 is 0 Å². The Morgan fingerprint density at radius 2 is 2.20 bits per heavy atom. The Hall–Kier alpha value is -1.81. The number of hydrogen-bond donors (Lipinski definition) is 0. The molecule has 2 rings (SSSR count). The average molecular weight is 274 g/mol. The molecule has 0 spiro atoms. The molecule has 4 nitrogen and oxygen atoms in total. The first-order chi connectivity index (χ1) is 9.72. The van der Waals surface area contributed by atoms with E-state index in [1.165, 1.54) is 12.8 Å². The summed E-state index contributed by atoms with van der Waals surface area (Å²) in [6, 6.07) is 7.74. The van der Waals surface area contributed by atoms with Crippen LogP contribution in [0.5, 0.6) is 5.75 Å². The van der Waals surface area contributed by atoms with Crippen LogP contribution in [-0.4, -0.2) is 30.6 Å². The van der Waals surface area contributed by atoms with Crippen LogP contribution in [0.4, 0.5) is 0 Å². The fourth-order valence-electron chi connectivity index (χ4n) is 2.05. The Balaban J connectivity index is 2.04. The third kappa shape index (κ3) is 3.84. The van der Waals surface area contributed by atoms with Crippen molar-refractivity contribution in [3.63, 3.8) is 0 Å². The summed E-state index contributed by atoms with van der Waals surface area (Å²) >= 11 is 0. The molecule has 0 amide bonds. The molecule has 4 heteroatoms. The second kappa shape index (κ2) is 7.10. The van der Waals surface area contributed by atoms with Gasteiger partial charge in [0.05, 0.1) is 12.8 Å². The molecule has 20 heavy (non-hydrogen) atoms. The predicted molar refractivity (Wildman–Crippen MR) is 79.7 cm³/mol. The Morgan fingerprint density at radius 1 is 1.35 bits per heavy atom. The molecule has 0 saturated heterocycles. The van der Waals surface area contributed by atoms with Gasteiger partial charge in [0.2, 0.25) is 5.89 Å². The number of aromatic nitrogens is 1. The summed E-state index contributed by atoms with van der Waals surface area (Å²) in [5, 5.41) is 0. The first-order valence-electron chi connectivity index (χ1n) is 7.00. The molecule has 0 aliphatic rings. The van der Waals surface area contributed by atoms with E-state index in [-0.39, 0.29) is 0 Å². The Morgan fingerprint density at radius 3 is 2.95 bits per heavy atom. The summed E-state index contributed by atoms with van der Waals surface area (Å²) in [5.41, 5.74) is 1.90. The maximum absolute atomic E-state index is 5.56. The van der Waals surface area contributed by atoms with Gasteiger partial charge in [-0.15, -0.1) is 0 Å². The molecule has 0 bridgehead atoms. The molecule has 1 heterocycles. The summed E-state index contributed by atoms with van der Waals surface area (Å²) in [5.74, 6) is 1.45. The highest BCUT2D eigenvalue weighted by atomic mass is 16.5. The minimum atomic E-state index is 0.641. The smallest absolute Gasteiger partial charge is 0.226 e. The number of rotatable bonds is 7. The van der Waals surface area contributed by atoms with Crippen LogP contribution in [0.1, 0.15) is 25.5 Å². The van der Waals surface area contributed by atoms with Gasteiger partial charge in [0.25, 0.3) is 0 Å². The lowest BCUT2D eigenvalue weighted by Gasteiger charge is -2.13. The highest BCUT2D eigenvalue weighted by Crippen LogP contribution is 2.23.